The number of rotatable bonds is 3. The van der Waals surface area contributed by atoms with Gasteiger partial charge >= 0.3 is 0 Å². The molecule has 0 radical (unpaired) electrons. The molecule has 2 unspecified atom stereocenters. The molecular weight excluding hydrogens is 182 g/mol. The van der Waals surface area contributed by atoms with Crippen LogP contribution in [0.2, 0.25) is 0 Å². The summed E-state index contributed by atoms with van der Waals surface area (Å²) in [5, 5.41) is 3.51. The van der Waals surface area contributed by atoms with Gasteiger partial charge in [0, 0.05) is 6.54 Å². The summed E-state index contributed by atoms with van der Waals surface area (Å²) in [6.45, 7) is 14.0. The maximum absolute atomic E-state index is 3.51. The Kier molecular flexibility index (Phi) is 4.39. The first-order chi connectivity index (χ1) is 6.93. The number of nitrogens with one attached hydrogen (secondary N) is 1. The Morgan fingerprint density at radius 1 is 1.47 bits per heavy atom. The monoisotopic (exact) mass is 209 g/mol. The summed E-state index contributed by atoms with van der Waals surface area (Å²) in [5.74, 6) is 1.69. The molecule has 1 N–H and O–H groups in total. The second-order valence-electron chi connectivity index (χ2n) is 6.05. The van der Waals surface area contributed by atoms with Gasteiger partial charge in [0.15, 0.2) is 0 Å². The van der Waals surface area contributed by atoms with Crippen molar-refractivity contribution in [1.29, 1.82) is 0 Å². The molecule has 1 rings (SSSR count). The summed E-state index contributed by atoms with van der Waals surface area (Å²) in [7, 11) is 0. The van der Waals surface area contributed by atoms with Gasteiger partial charge in [-0.3, -0.25) is 0 Å². The van der Waals surface area contributed by atoms with Crippen LogP contribution in [-0.2, 0) is 0 Å². The lowest BCUT2D eigenvalue weighted by molar-refractivity contribution is 0.104. The summed E-state index contributed by atoms with van der Waals surface area (Å²) in [4.78, 5) is 0. The molecule has 1 aliphatic heterocycles. The lowest BCUT2D eigenvalue weighted by Gasteiger charge is -2.42. The van der Waals surface area contributed by atoms with E-state index in [2.05, 4.69) is 46.0 Å². The lowest BCUT2D eigenvalue weighted by atomic mass is 9.68. The number of allylic oxidation sites excluding steroid dienone is 2. The van der Waals surface area contributed by atoms with Crippen molar-refractivity contribution in [3.05, 3.63) is 11.6 Å². The van der Waals surface area contributed by atoms with Crippen molar-refractivity contribution in [3.63, 3.8) is 0 Å². The van der Waals surface area contributed by atoms with Gasteiger partial charge in [-0.1, -0.05) is 32.4 Å². The zero-order valence-electron chi connectivity index (χ0n) is 11.1. The van der Waals surface area contributed by atoms with Crippen LogP contribution in [0, 0.1) is 17.3 Å². The minimum Gasteiger partial charge on any atom is -0.316 e. The zero-order chi connectivity index (χ0) is 11.5. The Labute approximate surface area is 95.3 Å². The maximum Gasteiger partial charge on any atom is 0.000528 e. The minimum absolute atomic E-state index is 0.465. The highest BCUT2D eigenvalue weighted by atomic mass is 14.9. The maximum atomic E-state index is 3.51. The number of hydrogen-bond donors (Lipinski definition) is 1. The van der Waals surface area contributed by atoms with Crippen LogP contribution in [0.5, 0.6) is 0 Å². The van der Waals surface area contributed by atoms with Gasteiger partial charge in [-0.15, -0.1) is 0 Å². The Bertz CT molecular complexity index is 223. The summed E-state index contributed by atoms with van der Waals surface area (Å²) >= 11 is 0. The average molecular weight is 209 g/mol. The predicted molar refractivity (Wildman–Crippen MR) is 68.0 cm³/mol. The topological polar surface area (TPSA) is 12.0 Å². The molecule has 0 spiro atoms. The molecule has 1 heteroatoms. The number of piperidine rings is 1. The molecule has 0 saturated carbocycles. The smallest absolute Gasteiger partial charge is 0.000528 e. The van der Waals surface area contributed by atoms with E-state index < -0.39 is 0 Å². The highest BCUT2D eigenvalue weighted by Gasteiger charge is 2.34. The fourth-order valence-electron chi connectivity index (χ4n) is 2.83. The van der Waals surface area contributed by atoms with E-state index in [-0.39, 0.29) is 0 Å². The van der Waals surface area contributed by atoms with E-state index in [9.17, 15) is 0 Å². The molecule has 1 nitrogen and oxygen atoms in total. The van der Waals surface area contributed by atoms with Crippen molar-refractivity contribution in [1.82, 2.24) is 5.32 Å². The van der Waals surface area contributed by atoms with Crippen LogP contribution in [0.4, 0.5) is 0 Å². The third-order valence-corrected chi connectivity index (χ3v) is 3.80. The van der Waals surface area contributed by atoms with Crippen molar-refractivity contribution < 1.29 is 0 Å². The van der Waals surface area contributed by atoms with Crippen LogP contribution in [0.25, 0.3) is 0 Å². The minimum atomic E-state index is 0.465. The fourth-order valence-corrected chi connectivity index (χ4v) is 2.83. The molecular formula is C14H27N. The molecule has 2 atom stereocenters. The van der Waals surface area contributed by atoms with E-state index in [0.717, 1.165) is 11.8 Å². The van der Waals surface area contributed by atoms with Gasteiger partial charge in [0.05, 0.1) is 0 Å². The average Bonchev–Trinajstić information content (AvgIpc) is 2.13. The van der Waals surface area contributed by atoms with Crippen molar-refractivity contribution in [2.24, 2.45) is 17.3 Å². The van der Waals surface area contributed by atoms with Crippen molar-refractivity contribution in [3.8, 4) is 0 Å². The molecule has 0 aromatic rings. The predicted octanol–water partition coefficient (Wildman–Crippen LogP) is 3.61. The lowest BCUT2D eigenvalue weighted by Crippen LogP contribution is -2.45. The van der Waals surface area contributed by atoms with E-state index in [1.165, 1.54) is 31.5 Å². The van der Waals surface area contributed by atoms with Gasteiger partial charge in [0.1, 0.15) is 0 Å². The van der Waals surface area contributed by atoms with Gasteiger partial charge < -0.3 is 5.32 Å². The van der Waals surface area contributed by atoms with E-state index >= 15 is 0 Å². The van der Waals surface area contributed by atoms with Gasteiger partial charge in [-0.25, -0.2) is 0 Å². The largest absolute Gasteiger partial charge is 0.316 e. The molecule has 15 heavy (non-hydrogen) atoms. The quantitative estimate of drug-likeness (QED) is 0.700. The van der Waals surface area contributed by atoms with Gasteiger partial charge in [0.25, 0.3) is 0 Å². The molecule has 0 aromatic heterocycles. The second kappa shape index (κ2) is 5.16. The van der Waals surface area contributed by atoms with E-state index in [0.29, 0.717) is 5.41 Å². The standard InChI is InChI=1S/C14H27N/c1-11(2)6-7-12(3)13-8-9-15-10-14(13,4)5/h6,12-13,15H,7-10H2,1-5H3. The van der Waals surface area contributed by atoms with Crippen LogP contribution >= 0.6 is 0 Å². The van der Waals surface area contributed by atoms with Crippen LogP contribution in [0.15, 0.2) is 11.6 Å². The van der Waals surface area contributed by atoms with Gasteiger partial charge in [0.2, 0.25) is 0 Å². The highest BCUT2D eigenvalue weighted by molar-refractivity contribution is 4.96. The van der Waals surface area contributed by atoms with Gasteiger partial charge in [-0.2, -0.15) is 0 Å². The third-order valence-electron chi connectivity index (χ3n) is 3.80. The SMILES string of the molecule is CC(C)=CCC(C)C1CCNCC1(C)C. The van der Waals surface area contributed by atoms with Crippen LogP contribution in [0.3, 0.4) is 0 Å². The van der Waals surface area contributed by atoms with Crippen molar-refractivity contribution >= 4 is 0 Å². The molecule has 1 fully saturated rings. The Morgan fingerprint density at radius 3 is 2.67 bits per heavy atom. The molecule has 0 bridgehead atoms. The molecule has 0 amide bonds. The summed E-state index contributed by atoms with van der Waals surface area (Å²) < 4.78 is 0. The Morgan fingerprint density at radius 2 is 2.13 bits per heavy atom. The fraction of sp³-hybridized carbons (Fsp3) is 0.857. The first-order valence-electron chi connectivity index (χ1n) is 6.27. The first-order valence-corrected chi connectivity index (χ1v) is 6.27. The molecule has 0 aromatic carbocycles. The molecule has 1 saturated heterocycles. The summed E-state index contributed by atoms with van der Waals surface area (Å²) in [6.07, 6.45) is 4.98. The normalized spacial score (nSPS) is 27.1. The van der Waals surface area contributed by atoms with Crippen molar-refractivity contribution in [2.45, 2.75) is 47.5 Å². The summed E-state index contributed by atoms with van der Waals surface area (Å²) in [6, 6.07) is 0. The van der Waals surface area contributed by atoms with Crippen LogP contribution in [-0.4, -0.2) is 13.1 Å². The highest BCUT2D eigenvalue weighted by Crippen LogP contribution is 2.38. The summed E-state index contributed by atoms with van der Waals surface area (Å²) in [5.41, 5.74) is 1.92. The van der Waals surface area contributed by atoms with Crippen LogP contribution < -0.4 is 5.32 Å². The Hall–Kier alpha value is -0.300. The zero-order valence-corrected chi connectivity index (χ0v) is 11.1. The molecule has 1 heterocycles. The van der Waals surface area contributed by atoms with Crippen molar-refractivity contribution in [2.75, 3.05) is 13.1 Å². The Balaban J connectivity index is 2.56. The second-order valence-corrected chi connectivity index (χ2v) is 6.05. The molecule has 0 aliphatic carbocycles. The van der Waals surface area contributed by atoms with Crippen LogP contribution in [0.1, 0.15) is 47.5 Å². The van der Waals surface area contributed by atoms with E-state index in [1.54, 1.807) is 0 Å². The first kappa shape index (κ1) is 12.8. The third kappa shape index (κ3) is 3.64. The van der Waals surface area contributed by atoms with E-state index in [4.69, 9.17) is 0 Å². The molecule has 88 valence electrons. The number of hydrogen-bond acceptors (Lipinski definition) is 1. The van der Waals surface area contributed by atoms with Gasteiger partial charge in [-0.05, 0) is 50.5 Å². The van der Waals surface area contributed by atoms with E-state index in [1.807, 2.05) is 0 Å². The molecule has 1 aliphatic rings.